The van der Waals surface area contributed by atoms with Crippen LogP contribution in [-0.2, 0) is 9.59 Å². The van der Waals surface area contributed by atoms with Crippen molar-refractivity contribution in [2.45, 2.75) is 19.8 Å². The Labute approximate surface area is 206 Å². The summed E-state index contributed by atoms with van der Waals surface area (Å²) in [6.07, 6.45) is 0. The van der Waals surface area contributed by atoms with Gasteiger partial charge in [0.25, 0.3) is 17.5 Å². The number of amides is 2. The highest BCUT2D eigenvalue weighted by molar-refractivity contribution is 6.37. The fourth-order valence-corrected chi connectivity index (χ4v) is 6.05. The number of hydrogen-bond donors (Lipinski definition) is 0. The first-order chi connectivity index (χ1) is 17.3. The zero-order valence-corrected chi connectivity index (χ0v) is 19.5. The Kier molecular flexibility index (Phi) is 4.50. The van der Waals surface area contributed by atoms with E-state index in [0.29, 0.717) is 28.4 Å². The fourth-order valence-electron chi connectivity index (χ4n) is 6.05. The summed E-state index contributed by atoms with van der Waals surface area (Å²) in [6, 6.07) is 24.2. The molecule has 0 aromatic heterocycles. The van der Waals surface area contributed by atoms with Crippen molar-refractivity contribution < 1.29 is 14.5 Å². The van der Waals surface area contributed by atoms with Gasteiger partial charge in [-0.05, 0) is 43.7 Å². The van der Waals surface area contributed by atoms with Gasteiger partial charge in [-0.1, -0.05) is 48.5 Å². The number of benzene rings is 3. The Morgan fingerprint density at radius 3 is 1.67 bits per heavy atom. The van der Waals surface area contributed by atoms with Crippen LogP contribution in [0.25, 0.3) is 0 Å². The number of carbonyl (C=O) groups is 2. The maximum atomic E-state index is 14.3. The molecular weight excluding hydrogens is 458 g/mol. The molecule has 0 N–H and O–H groups in total. The van der Waals surface area contributed by atoms with Crippen LogP contribution in [0.1, 0.15) is 25.3 Å². The summed E-state index contributed by atoms with van der Waals surface area (Å²) < 4.78 is 0. The molecule has 0 radical (unpaired) electrons. The van der Waals surface area contributed by atoms with E-state index in [0.717, 1.165) is 0 Å². The van der Waals surface area contributed by atoms with Crippen LogP contribution in [0.15, 0.2) is 95.1 Å². The van der Waals surface area contributed by atoms with Crippen LogP contribution in [-0.4, -0.2) is 28.2 Å². The van der Waals surface area contributed by atoms with E-state index in [4.69, 9.17) is 0 Å². The number of nitro benzene ring substituents is 1. The molecule has 0 bridgehead atoms. The summed E-state index contributed by atoms with van der Waals surface area (Å²) in [4.78, 5) is 39.6. The van der Waals surface area contributed by atoms with Crippen LogP contribution >= 0.6 is 0 Å². The molecule has 0 saturated heterocycles. The predicted molar refractivity (Wildman–Crippen MR) is 135 cm³/mol. The van der Waals surface area contributed by atoms with E-state index in [-0.39, 0.29) is 17.5 Å². The average molecular weight is 479 g/mol. The maximum Gasteiger partial charge on any atom is 0.269 e. The smallest absolute Gasteiger partial charge is 0.269 e. The molecule has 2 spiro atoms. The molecule has 1 fully saturated rings. The van der Waals surface area contributed by atoms with Crippen molar-refractivity contribution in [2.24, 2.45) is 21.0 Å². The number of fused-ring (bicyclic) bond motifs is 1. The Morgan fingerprint density at radius 2 is 1.22 bits per heavy atom. The van der Waals surface area contributed by atoms with Crippen LogP contribution in [0.4, 0.5) is 17.1 Å². The van der Waals surface area contributed by atoms with Gasteiger partial charge in [-0.15, -0.1) is 0 Å². The van der Waals surface area contributed by atoms with E-state index in [1.807, 2.05) is 36.4 Å². The Bertz CT molecular complexity index is 1420. The standard InChI is InChI=1S/C27H21N5O4/c1-17-26(24(33)30(28-17)20-11-5-3-6-12-20)23(19-10-9-15-22(16-19)32(35)36)27(26)18(2)29-31(25(27)34)21-13-7-4-8-14-21/h3-16,23H,1-2H3/t26-,27-/m1/s1. The molecule has 2 amide bonds. The van der Waals surface area contributed by atoms with Gasteiger partial charge < -0.3 is 0 Å². The molecule has 1 aliphatic carbocycles. The second-order valence-electron chi connectivity index (χ2n) is 9.18. The van der Waals surface area contributed by atoms with Gasteiger partial charge in [-0.25, -0.2) is 0 Å². The quantitative estimate of drug-likeness (QED) is 0.405. The molecule has 3 aromatic carbocycles. The molecule has 0 unspecified atom stereocenters. The second kappa shape index (κ2) is 7.42. The van der Waals surface area contributed by atoms with Crippen LogP contribution in [0.5, 0.6) is 0 Å². The van der Waals surface area contributed by atoms with Crippen LogP contribution < -0.4 is 10.0 Å². The van der Waals surface area contributed by atoms with Crippen molar-refractivity contribution in [3.8, 4) is 0 Å². The zero-order valence-electron chi connectivity index (χ0n) is 19.5. The van der Waals surface area contributed by atoms with E-state index in [1.54, 1.807) is 50.2 Å². The molecule has 2 aliphatic heterocycles. The minimum atomic E-state index is -1.34. The van der Waals surface area contributed by atoms with E-state index in [2.05, 4.69) is 10.2 Å². The van der Waals surface area contributed by atoms with Crippen molar-refractivity contribution >= 4 is 40.3 Å². The Morgan fingerprint density at radius 1 is 0.750 bits per heavy atom. The SMILES string of the molecule is CC1=NN(c2ccccc2)C(=O)[C@]12C(c1cccc([N+](=O)[O-])c1)[C@]21C(=O)N(c2ccccc2)N=C1C. The second-order valence-corrected chi connectivity index (χ2v) is 9.18. The third-order valence-electron chi connectivity index (χ3n) is 7.52. The lowest BCUT2D eigenvalue weighted by molar-refractivity contribution is -0.384. The van der Waals surface area contributed by atoms with Gasteiger partial charge >= 0.3 is 0 Å². The summed E-state index contributed by atoms with van der Waals surface area (Å²) in [6.45, 7) is 3.48. The fraction of sp³-hybridized carbons (Fsp3) is 0.185. The van der Waals surface area contributed by atoms with Gasteiger partial charge in [-0.3, -0.25) is 19.7 Å². The van der Waals surface area contributed by atoms with Gasteiger partial charge in [0.05, 0.1) is 27.7 Å². The summed E-state index contributed by atoms with van der Waals surface area (Å²) in [7, 11) is 0. The minimum absolute atomic E-state index is 0.107. The highest BCUT2D eigenvalue weighted by atomic mass is 16.6. The van der Waals surface area contributed by atoms with Gasteiger partial charge in [0.1, 0.15) is 10.8 Å². The normalized spacial score (nSPS) is 26.6. The lowest BCUT2D eigenvalue weighted by atomic mass is 9.85. The molecule has 3 aromatic rings. The molecule has 2 heterocycles. The first kappa shape index (κ1) is 21.8. The maximum absolute atomic E-state index is 14.3. The number of nitro groups is 1. The van der Waals surface area contributed by atoms with Crippen molar-refractivity contribution in [1.82, 2.24) is 0 Å². The largest absolute Gasteiger partial charge is 0.271 e. The monoisotopic (exact) mass is 479 g/mol. The molecule has 2 atom stereocenters. The van der Waals surface area contributed by atoms with E-state index < -0.39 is 21.7 Å². The Balaban J connectivity index is 1.55. The first-order valence-electron chi connectivity index (χ1n) is 11.5. The summed E-state index contributed by atoms with van der Waals surface area (Å²) in [5.41, 5.74) is -0.142. The highest BCUT2D eigenvalue weighted by Gasteiger charge is 2.91. The third kappa shape index (κ3) is 2.54. The average Bonchev–Trinajstić information content (AvgIpc) is 3.38. The zero-order chi connectivity index (χ0) is 25.2. The van der Waals surface area contributed by atoms with Gasteiger partial charge in [0, 0.05) is 18.1 Å². The predicted octanol–water partition coefficient (Wildman–Crippen LogP) is 4.51. The van der Waals surface area contributed by atoms with E-state index in [1.165, 1.54) is 22.2 Å². The number of carbonyl (C=O) groups excluding carboxylic acids is 2. The molecule has 3 aliphatic rings. The number of hydrazone groups is 2. The van der Waals surface area contributed by atoms with E-state index >= 15 is 0 Å². The third-order valence-corrected chi connectivity index (χ3v) is 7.52. The van der Waals surface area contributed by atoms with Crippen molar-refractivity contribution in [1.29, 1.82) is 0 Å². The van der Waals surface area contributed by atoms with Gasteiger partial charge in [0.2, 0.25) is 0 Å². The number of nitrogens with zero attached hydrogens (tertiary/aromatic N) is 5. The van der Waals surface area contributed by atoms with Gasteiger partial charge in [0.15, 0.2) is 0 Å². The van der Waals surface area contributed by atoms with Crippen LogP contribution in [0.3, 0.4) is 0 Å². The topological polar surface area (TPSA) is 108 Å². The number of rotatable bonds is 4. The molecular formula is C27H21N5O4. The number of non-ortho nitro benzene ring substituents is 1. The summed E-state index contributed by atoms with van der Waals surface area (Å²) in [5.74, 6) is -1.39. The number of para-hydroxylation sites is 2. The molecule has 9 nitrogen and oxygen atoms in total. The van der Waals surface area contributed by atoms with Crippen molar-refractivity contribution in [3.05, 3.63) is 101 Å². The minimum Gasteiger partial charge on any atom is -0.271 e. The highest BCUT2D eigenvalue weighted by Crippen LogP contribution is 2.79. The van der Waals surface area contributed by atoms with E-state index in [9.17, 15) is 19.7 Å². The molecule has 6 rings (SSSR count). The number of hydrogen-bond acceptors (Lipinski definition) is 6. The first-order valence-corrected chi connectivity index (χ1v) is 11.5. The Hall–Kier alpha value is -4.66. The number of anilines is 2. The molecule has 1 saturated carbocycles. The molecule has 178 valence electrons. The van der Waals surface area contributed by atoms with Gasteiger partial charge in [-0.2, -0.15) is 20.2 Å². The summed E-state index contributed by atoms with van der Waals surface area (Å²) in [5, 5.41) is 23.5. The van der Waals surface area contributed by atoms with Crippen LogP contribution in [0.2, 0.25) is 0 Å². The lowest BCUT2D eigenvalue weighted by Gasteiger charge is -2.18. The van der Waals surface area contributed by atoms with Crippen molar-refractivity contribution in [2.75, 3.05) is 10.0 Å². The lowest BCUT2D eigenvalue weighted by Crippen LogP contribution is -2.40. The van der Waals surface area contributed by atoms with Crippen molar-refractivity contribution in [3.63, 3.8) is 0 Å². The summed E-state index contributed by atoms with van der Waals surface area (Å²) >= 11 is 0. The molecule has 36 heavy (non-hydrogen) atoms. The van der Waals surface area contributed by atoms with Crippen LogP contribution in [0, 0.1) is 20.9 Å². The molecule has 9 heteroatoms.